The zero-order chi connectivity index (χ0) is 16.2. The normalized spacial score (nSPS) is 16.3. The Labute approximate surface area is 144 Å². The second-order valence-corrected chi connectivity index (χ2v) is 6.49. The number of halogens is 1. The van der Waals surface area contributed by atoms with Crippen LogP contribution in [0.15, 0.2) is 41.1 Å². The van der Waals surface area contributed by atoms with Crippen LogP contribution in [0.25, 0.3) is 0 Å². The molecule has 2 heterocycles. The summed E-state index contributed by atoms with van der Waals surface area (Å²) in [5.74, 6) is 1.08. The molecule has 120 valence electrons. The lowest BCUT2D eigenvalue weighted by molar-refractivity contribution is 0.0599. The molecule has 4 nitrogen and oxygen atoms in total. The van der Waals surface area contributed by atoms with E-state index in [1.807, 2.05) is 12.1 Å². The molecule has 3 rings (SSSR count). The van der Waals surface area contributed by atoms with E-state index in [0.717, 1.165) is 41.7 Å². The molecule has 0 fully saturated rings. The van der Waals surface area contributed by atoms with E-state index >= 15 is 0 Å². The average molecular weight is 376 g/mol. The van der Waals surface area contributed by atoms with Crippen LogP contribution in [-0.2, 0) is 11.2 Å². The average Bonchev–Trinajstić information content (AvgIpc) is 2.59. The second kappa shape index (κ2) is 7.13. The smallest absolute Gasteiger partial charge is 0.338 e. The molecule has 1 aliphatic rings. The van der Waals surface area contributed by atoms with Gasteiger partial charge in [0, 0.05) is 16.9 Å². The van der Waals surface area contributed by atoms with Gasteiger partial charge in [0.1, 0.15) is 5.75 Å². The van der Waals surface area contributed by atoms with Gasteiger partial charge in [-0.05, 0) is 54.5 Å². The number of methoxy groups -OCH3 is 1. The van der Waals surface area contributed by atoms with Crippen molar-refractivity contribution in [2.75, 3.05) is 13.7 Å². The second-order valence-electron chi connectivity index (χ2n) is 5.58. The fraction of sp³-hybridized carbons (Fsp3) is 0.333. The van der Waals surface area contributed by atoms with Crippen LogP contribution in [0.4, 0.5) is 0 Å². The fourth-order valence-corrected chi connectivity index (χ4v) is 3.34. The topological polar surface area (TPSA) is 48.4 Å². The summed E-state index contributed by atoms with van der Waals surface area (Å²) in [5, 5.41) is 0. The van der Waals surface area contributed by atoms with Crippen LogP contribution in [0.1, 0.15) is 40.2 Å². The molecule has 0 saturated carbocycles. The highest BCUT2D eigenvalue weighted by molar-refractivity contribution is 9.10. The van der Waals surface area contributed by atoms with Crippen LogP contribution in [0.5, 0.6) is 5.75 Å². The van der Waals surface area contributed by atoms with Gasteiger partial charge in [-0.1, -0.05) is 22.0 Å². The molecule has 0 N–H and O–H groups in total. The Morgan fingerprint density at radius 1 is 1.43 bits per heavy atom. The van der Waals surface area contributed by atoms with Gasteiger partial charge in [0.2, 0.25) is 0 Å². The number of benzene rings is 1. The van der Waals surface area contributed by atoms with Crippen molar-refractivity contribution in [3.63, 3.8) is 0 Å². The number of ether oxygens (including phenoxy) is 2. The van der Waals surface area contributed by atoms with Crippen LogP contribution >= 0.6 is 15.9 Å². The minimum absolute atomic E-state index is 0.307. The molecule has 0 aliphatic carbocycles. The van der Waals surface area contributed by atoms with E-state index in [4.69, 9.17) is 9.47 Å². The predicted molar refractivity (Wildman–Crippen MR) is 90.9 cm³/mol. The molecule has 1 aromatic heterocycles. The van der Waals surface area contributed by atoms with E-state index in [9.17, 15) is 4.79 Å². The monoisotopic (exact) mass is 375 g/mol. The Bertz CT molecular complexity index is 717. The van der Waals surface area contributed by atoms with Crippen LogP contribution in [0.2, 0.25) is 0 Å². The maximum absolute atomic E-state index is 11.8. The molecule has 1 atom stereocenters. The van der Waals surface area contributed by atoms with Crippen molar-refractivity contribution in [2.45, 2.75) is 25.2 Å². The largest absolute Gasteiger partial charge is 0.493 e. The SMILES string of the molecule is COC(=O)c1ccncc1CCC1CCOc2cc(Br)ccc21. The van der Waals surface area contributed by atoms with Gasteiger partial charge >= 0.3 is 5.97 Å². The zero-order valence-corrected chi connectivity index (χ0v) is 14.5. The van der Waals surface area contributed by atoms with Crippen molar-refractivity contribution in [3.05, 3.63) is 57.8 Å². The Balaban J connectivity index is 1.77. The summed E-state index contributed by atoms with van der Waals surface area (Å²) < 4.78 is 11.6. The van der Waals surface area contributed by atoms with E-state index in [-0.39, 0.29) is 5.97 Å². The number of hydrogen-bond donors (Lipinski definition) is 0. The highest BCUT2D eigenvalue weighted by atomic mass is 79.9. The molecule has 2 aromatic rings. The Morgan fingerprint density at radius 3 is 3.13 bits per heavy atom. The van der Waals surface area contributed by atoms with Gasteiger partial charge in [-0.15, -0.1) is 0 Å². The molecule has 0 spiro atoms. The molecular weight excluding hydrogens is 358 g/mol. The van der Waals surface area contributed by atoms with Crippen molar-refractivity contribution in [2.24, 2.45) is 0 Å². The highest BCUT2D eigenvalue weighted by Crippen LogP contribution is 2.38. The standard InChI is InChI=1S/C18H18BrNO3/c1-22-18(21)16-6-8-20-11-13(16)3-2-12-7-9-23-17-10-14(19)4-5-15(12)17/h4-6,8,10-12H,2-3,7,9H2,1H3. The number of pyridine rings is 1. The summed E-state index contributed by atoms with van der Waals surface area (Å²) in [6.45, 7) is 0.727. The van der Waals surface area contributed by atoms with Crippen molar-refractivity contribution in [1.29, 1.82) is 0 Å². The first-order chi connectivity index (χ1) is 11.2. The molecule has 0 radical (unpaired) electrons. The summed E-state index contributed by atoms with van der Waals surface area (Å²) in [6, 6.07) is 7.90. The van der Waals surface area contributed by atoms with Gasteiger partial charge in [-0.25, -0.2) is 4.79 Å². The van der Waals surface area contributed by atoms with Gasteiger partial charge < -0.3 is 9.47 Å². The Hall–Kier alpha value is -1.88. The van der Waals surface area contributed by atoms with Crippen LogP contribution in [-0.4, -0.2) is 24.7 Å². The minimum Gasteiger partial charge on any atom is -0.493 e. The number of esters is 1. The maximum Gasteiger partial charge on any atom is 0.338 e. The number of rotatable bonds is 4. The molecule has 0 bridgehead atoms. The lowest BCUT2D eigenvalue weighted by atomic mass is 9.87. The molecule has 0 saturated heterocycles. The first-order valence-corrected chi connectivity index (χ1v) is 8.42. The molecule has 5 heteroatoms. The van der Waals surface area contributed by atoms with Crippen molar-refractivity contribution in [3.8, 4) is 5.75 Å². The third-order valence-electron chi connectivity index (χ3n) is 4.21. The molecule has 1 unspecified atom stereocenters. The number of hydrogen-bond acceptors (Lipinski definition) is 4. The van der Waals surface area contributed by atoms with E-state index in [1.54, 1.807) is 18.5 Å². The summed E-state index contributed by atoms with van der Waals surface area (Å²) in [6.07, 6.45) is 6.11. The van der Waals surface area contributed by atoms with E-state index in [2.05, 4.69) is 27.0 Å². The van der Waals surface area contributed by atoms with E-state index in [1.165, 1.54) is 12.7 Å². The third kappa shape index (κ3) is 3.55. The molecule has 23 heavy (non-hydrogen) atoms. The Morgan fingerprint density at radius 2 is 2.30 bits per heavy atom. The summed E-state index contributed by atoms with van der Waals surface area (Å²) >= 11 is 3.48. The van der Waals surface area contributed by atoms with Gasteiger partial charge in [-0.3, -0.25) is 4.98 Å². The predicted octanol–water partition coefficient (Wildman–Crippen LogP) is 4.13. The molecule has 0 amide bonds. The van der Waals surface area contributed by atoms with Crippen LogP contribution in [0, 0.1) is 0 Å². The van der Waals surface area contributed by atoms with E-state index < -0.39 is 0 Å². The first kappa shape index (κ1) is 16.0. The Kier molecular flexibility index (Phi) is 4.96. The fourth-order valence-electron chi connectivity index (χ4n) is 3.00. The maximum atomic E-state index is 11.8. The molecule has 1 aliphatic heterocycles. The lowest BCUT2D eigenvalue weighted by Crippen LogP contribution is -2.15. The van der Waals surface area contributed by atoms with Gasteiger partial charge in [0.15, 0.2) is 0 Å². The number of carbonyl (C=O) groups excluding carboxylic acids is 1. The summed E-state index contributed by atoms with van der Waals surface area (Å²) in [5.41, 5.74) is 2.78. The molecular formula is C18H18BrNO3. The van der Waals surface area contributed by atoms with Gasteiger partial charge in [0.25, 0.3) is 0 Å². The summed E-state index contributed by atoms with van der Waals surface area (Å²) in [4.78, 5) is 16.0. The minimum atomic E-state index is -0.307. The van der Waals surface area contributed by atoms with Gasteiger partial charge in [0.05, 0.1) is 19.3 Å². The number of carbonyl (C=O) groups is 1. The first-order valence-electron chi connectivity index (χ1n) is 7.62. The number of nitrogens with zero attached hydrogens (tertiary/aromatic N) is 1. The zero-order valence-electron chi connectivity index (χ0n) is 12.9. The van der Waals surface area contributed by atoms with Crippen molar-refractivity contribution < 1.29 is 14.3 Å². The van der Waals surface area contributed by atoms with Crippen molar-refractivity contribution >= 4 is 21.9 Å². The number of aromatic nitrogens is 1. The number of aryl methyl sites for hydroxylation is 1. The van der Waals surface area contributed by atoms with Crippen LogP contribution < -0.4 is 4.74 Å². The highest BCUT2D eigenvalue weighted by Gasteiger charge is 2.22. The van der Waals surface area contributed by atoms with E-state index in [0.29, 0.717) is 11.5 Å². The summed E-state index contributed by atoms with van der Waals surface area (Å²) in [7, 11) is 1.40. The van der Waals surface area contributed by atoms with Gasteiger partial charge in [-0.2, -0.15) is 0 Å². The quantitative estimate of drug-likeness (QED) is 0.753. The lowest BCUT2D eigenvalue weighted by Gasteiger charge is -2.26. The number of fused-ring (bicyclic) bond motifs is 1. The van der Waals surface area contributed by atoms with Crippen LogP contribution in [0.3, 0.4) is 0 Å². The molecule has 1 aromatic carbocycles. The third-order valence-corrected chi connectivity index (χ3v) is 4.70. The van der Waals surface area contributed by atoms with Crippen molar-refractivity contribution in [1.82, 2.24) is 4.98 Å².